The third kappa shape index (κ3) is 2.79. The Hall–Kier alpha value is 0.1000. The number of alkyl halides is 2. The van der Waals surface area contributed by atoms with Crippen LogP contribution in [0.25, 0.3) is 0 Å². The van der Waals surface area contributed by atoms with Gasteiger partial charge in [0.15, 0.2) is 0 Å². The van der Waals surface area contributed by atoms with Gasteiger partial charge < -0.3 is 9.47 Å². The predicted octanol–water partition coefficient (Wildman–Crippen LogP) is 3.00. The quantitative estimate of drug-likeness (QED) is 0.628. The monoisotopic (exact) mass is 320 g/mol. The first kappa shape index (κ1) is 10.6. The molecule has 1 aromatic rings. The summed E-state index contributed by atoms with van der Waals surface area (Å²) in [6.45, 7) is 1.41. The summed E-state index contributed by atoms with van der Waals surface area (Å²) in [5.74, 6) is 0. The molecule has 1 unspecified atom stereocenters. The maximum atomic E-state index is 5.65. The topological polar surface area (TPSA) is 21.8 Å². The van der Waals surface area contributed by atoms with E-state index in [0.29, 0.717) is 6.61 Å². The summed E-state index contributed by atoms with van der Waals surface area (Å²) >= 11 is 6.97. The molecular formula is C10H10Br2O2. The summed E-state index contributed by atoms with van der Waals surface area (Å²) in [6.07, 6.45) is 0.271. The van der Waals surface area contributed by atoms with Crippen molar-refractivity contribution in [2.75, 3.05) is 13.2 Å². The van der Waals surface area contributed by atoms with E-state index in [1.165, 1.54) is 0 Å². The molecule has 4 heteroatoms. The highest BCUT2D eigenvalue weighted by molar-refractivity contribution is 9.24. The Morgan fingerprint density at radius 3 is 2.57 bits per heavy atom. The number of halogens is 2. The van der Waals surface area contributed by atoms with Gasteiger partial charge in [0.05, 0.1) is 13.2 Å². The largest absolute Gasteiger partial charge is 0.371 e. The zero-order chi connectivity index (χ0) is 10.0. The lowest BCUT2D eigenvalue weighted by molar-refractivity contribution is 0.0836. The minimum absolute atomic E-state index is 0.271. The van der Waals surface area contributed by atoms with Crippen LogP contribution in [0.4, 0.5) is 0 Å². The molecule has 2 nitrogen and oxygen atoms in total. The molecule has 0 radical (unpaired) electrons. The second-order valence-corrected chi connectivity index (χ2v) is 6.45. The molecule has 1 aliphatic heterocycles. The van der Waals surface area contributed by atoms with Gasteiger partial charge in [0.2, 0.25) is 3.42 Å². The van der Waals surface area contributed by atoms with Crippen LogP contribution < -0.4 is 0 Å². The van der Waals surface area contributed by atoms with E-state index in [4.69, 9.17) is 9.47 Å². The third-order valence-corrected chi connectivity index (χ3v) is 3.34. The molecule has 1 atom stereocenters. The predicted molar refractivity (Wildman–Crippen MR) is 61.7 cm³/mol. The highest BCUT2D eigenvalue weighted by Crippen LogP contribution is 2.39. The molecular weight excluding hydrogens is 312 g/mol. The Bertz CT molecular complexity index is 296. The van der Waals surface area contributed by atoms with Crippen LogP contribution in [0.3, 0.4) is 0 Å². The first-order valence-electron chi connectivity index (χ1n) is 4.37. The highest BCUT2D eigenvalue weighted by Gasteiger charge is 2.31. The van der Waals surface area contributed by atoms with Crippen LogP contribution >= 0.6 is 31.9 Å². The molecule has 14 heavy (non-hydrogen) atoms. The van der Waals surface area contributed by atoms with E-state index in [1.54, 1.807) is 0 Å². The first-order chi connectivity index (χ1) is 6.68. The number of ether oxygens (including phenoxy) is 2. The summed E-state index contributed by atoms with van der Waals surface area (Å²) in [7, 11) is 0. The lowest BCUT2D eigenvalue weighted by atomic mass is 10.2. The van der Waals surface area contributed by atoms with Crippen molar-refractivity contribution in [1.82, 2.24) is 0 Å². The van der Waals surface area contributed by atoms with Gasteiger partial charge in [-0.25, -0.2) is 0 Å². The number of epoxide rings is 1. The highest BCUT2D eigenvalue weighted by atomic mass is 79.9. The van der Waals surface area contributed by atoms with Crippen LogP contribution in [-0.2, 0) is 12.9 Å². The minimum atomic E-state index is -0.590. The fourth-order valence-electron chi connectivity index (χ4n) is 1.08. The molecule has 1 saturated heterocycles. The maximum absolute atomic E-state index is 5.65. The molecule has 0 aromatic heterocycles. The molecule has 0 spiro atoms. The van der Waals surface area contributed by atoms with E-state index in [-0.39, 0.29) is 6.10 Å². The van der Waals surface area contributed by atoms with Gasteiger partial charge in [-0.1, -0.05) is 30.3 Å². The molecule has 1 aliphatic rings. The van der Waals surface area contributed by atoms with Crippen molar-refractivity contribution >= 4 is 31.9 Å². The minimum Gasteiger partial charge on any atom is -0.371 e. The van der Waals surface area contributed by atoms with Crippen molar-refractivity contribution in [1.29, 1.82) is 0 Å². The zero-order valence-electron chi connectivity index (χ0n) is 7.45. The SMILES string of the molecule is BrC(Br)(OCC1CO1)c1ccccc1. The molecule has 0 N–H and O–H groups in total. The van der Waals surface area contributed by atoms with Crippen LogP contribution in [0.5, 0.6) is 0 Å². The number of benzene rings is 1. The molecule has 1 fully saturated rings. The lowest BCUT2D eigenvalue weighted by Gasteiger charge is -2.21. The Balaban J connectivity index is 1.99. The van der Waals surface area contributed by atoms with Crippen LogP contribution in [0.15, 0.2) is 30.3 Å². The second kappa shape index (κ2) is 4.31. The Kier molecular flexibility index (Phi) is 3.27. The van der Waals surface area contributed by atoms with Crippen molar-refractivity contribution in [3.8, 4) is 0 Å². The van der Waals surface area contributed by atoms with Crippen LogP contribution in [0.2, 0.25) is 0 Å². The Morgan fingerprint density at radius 1 is 1.36 bits per heavy atom. The van der Waals surface area contributed by atoms with E-state index in [0.717, 1.165) is 12.2 Å². The molecule has 1 heterocycles. The summed E-state index contributed by atoms with van der Waals surface area (Å²) in [4.78, 5) is 0. The molecule has 0 saturated carbocycles. The standard InChI is InChI=1S/C10H10Br2O2/c11-10(12,14-7-9-6-13-9)8-4-2-1-3-5-8/h1-5,9H,6-7H2. The van der Waals surface area contributed by atoms with E-state index < -0.39 is 3.42 Å². The van der Waals surface area contributed by atoms with Gasteiger partial charge >= 0.3 is 0 Å². The van der Waals surface area contributed by atoms with E-state index in [2.05, 4.69) is 31.9 Å². The van der Waals surface area contributed by atoms with Gasteiger partial charge in [-0.15, -0.1) is 0 Å². The fourth-order valence-corrected chi connectivity index (χ4v) is 1.87. The van der Waals surface area contributed by atoms with Gasteiger partial charge in [0.1, 0.15) is 6.10 Å². The van der Waals surface area contributed by atoms with Gasteiger partial charge in [0.25, 0.3) is 0 Å². The molecule has 2 rings (SSSR count). The van der Waals surface area contributed by atoms with Crippen molar-refractivity contribution in [2.24, 2.45) is 0 Å². The molecule has 0 aliphatic carbocycles. The van der Waals surface area contributed by atoms with Gasteiger partial charge in [-0.2, -0.15) is 0 Å². The molecule has 1 aromatic carbocycles. The molecule has 0 bridgehead atoms. The summed E-state index contributed by atoms with van der Waals surface area (Å²) in [5, 5.41) is 0. The van der Waals surface area contributed by atoms with E-state index in [1.807, 2.05) is 30.3 Å². The maximum Gasteiger partial charge on any atom is 0.203 e. The van der Waals surface area contributed by atoms with E-state index >= 15 is 0 Å². The normalized spacial score (nSPS) is 20.9. The van der Waals surface area contributed by atoms with Crippen LogP contribution in [0.1, 0.15) is 5.56 Å². The average molecular weight is 322 g/mol. The smallest absolute Gasteiger partial charge is 0.203 e. The second-order valence-electron chi connectivity index (χ2n) is 3.15. The van der Waals surface area contributed by atoms with Gasteiger partial charge in [0, 0.05) is 5.56 Å². The van der Waals surface area contributed by atoms with Crippen molar-refractivity contribution in [3.63, 3.8) is 0 Å². The summed E-state index contributed by atoms with van der Waals surface area (Å²) < 4.78 is 10.1. The number of hydrogen-bond donors (Lipinski definition) is 0. The summed E-state index contributed by atoms with van der Waals surface area (Å²) in [6, 6.07) is 9.92. The van der Waals surface area contributed by atoms with Gasteiger partial charge in [-0.3, -0.25) is 0 Å². The van der Waals surface area contributed by atoms with E-state index in [9.17, 15) is 0 Å². The van der Waals surface area contributed by atoms with Crippen molar-refractivity contribution < 1.29 is 9.47 Å². The Morgan fingerprint density at radius 2 is 2.00 bits per heavy atom. The van der Waals surface area contributed by atoms with Crippen molar-refractivity contribution in [2.45, 2.75) is 9.52 Å². The summed E-state index contributed by atoms with van der Waals surface area (Å²) in [5.41, 5.74) is 1.04. The number of rotatable bonds is 4. The van der Waals surface area contributed by atoms with Crippen LogP contribution in [-0.4, -0.2) is 19.3 Å². The first-order valence-corrected chi connectivity index (χ1v) is 5.96. The average Bonchev–Trinajstić information content (AvgIpc) is 3.00. The molecule has 76 valence electrons. The Labute approximate surface area is 99.8 Å². The van der Waals surface area contributed by atoms with Crippen molar-refractivity contribution in [3.05, 3.63) is 35.9 Å². The van der Waals surface area contributed by atoms with Crippen LogP contribution in [0, 0.1) is 0 Å². The fraction of sp³-hybridized carbons (Fsp3) is 0.400. The third-order valence-electron chi connectivity index (χ3n) is 1.96. The van der Waals surface area contributed by atoms with Gasteiger partial charge in [-0.05, 0) is 31.9 Å². The zero-order valence-corrected chi connectivity index (χ0v) is 10.6. The lowest BCUT2D eigenvalue weighted by Crippen LogP contribution is -2.17. The number of hydrogen-bond acceptors (Lipinski definition) is 2. The molecule has 0 amide bonds.